The van der Waals surface area contributed by atoms with Gasteiger partial charge >= 0.3 is 0 Å². The van der Waals surface area contributed by atoms with Gasteiger partial charge in [-0.2, -0.15) is 5.10 Å². The third-order valence-electron chi connectivity index (χ3n) is 8.27. The Bertz CT molecular complexity index is 1110. The molecule has 0 spiro atoms. The van der Waals surface area contributed by atoms with Crippen molar-refractivity contribution in [2.75, 3.05) is 59.2 Å². The number of rotatable bonds is 5. The van der Waals surface area contributed by atoms with Crippen LogP contribution in [0.5, 0.6) is 0 Å². The molecular weight excluding hydrogens is 476 g/mol. The van der Waals surface area contributed by atoms with E-state index in [4.69, 9.17) is 14.6 Å². The summed E-state index contributed by atoms with van der Waals surface area (Å²) in [4.78, 5) is 18.8. The number of hydrogen-bond acceptors (Lipinski definition) is 6. The van der Waals surface area contributed by atoms with Crippen molar-refractivity contribution in [2.24, 2.45) is 5.92 Å². The van der Waals surface area contributed by atoms with E-state index in [1.807, 2.05) is 29.2 Å². The van der Waals surface area contributed by atoms with Crippen molar-refractivity contribution in [3.8, 4) is 11.3 Å². The number of piperidine rings is 1. The molecule has 0 N–H and O–H groups in total. The van der Waals surface area contributed by atoms with E-state index < -0.39 is 10.8 Å². The Morgan fingerprint density at radius 1 is 0.972 bits per heavy atom. The number of ether oxygens (including phenoxy) is 2. The molecule has 4 aliphatic heterocycles. The summed E-state index contributed by atoms with van der Waals surface area (Å²) in [5, 5.41) is 4.99. The first kappa shape index (κ1) is 24.3. The first-order valence-corrected chi connectivity index (χ1v) is 14.8. The highest BCUT2D eigenvalue weighted by Crippen LogP contribution is 2.41. The standard InChI is InChI=1S/C27H36N4O4S/c32-27(30-13-17-35-18-14-30)25-23-19-36(33)24-4-2-1-3-22(24)26(23)31(28-25)21-6-11-29(12-7-21)10-5-20-8-15-34-16-9-20/h1-4,20-21H,5-19H2. The summed E-state index contributed by atoms with van der Waals surface area (Å²) in [6.45, 7) is 7.31. The summed E-state index contributed by atoms with van der Waals surface area (Å²) in [7, 11) is -1.18. The van der Waals surface area contributed by atoms with Crippen molar-refractivity contribution in [1.82, 2.24) is 19.6 Å². The maximum Gasteiger partial charge on any atom is 0.274 e. The largest absolute Gasteiger partial charge is 0.381 e. The molecule has 1 aromatic carbocycles. The predicted octanol–water partition coefficient (Wildman–Crippen LogP) is 3.10. The van der Waals surface area contributed by atoms with Gasteiger partial charge in [-0.05, 0) is 50.6 Å². The predicted molar refractivity (Wildman–Crippen MR) is 137 cm³/mol. The van der Waals surface area contributed by atoms with Crippen LogP contribution in [-0.2, 0) is 26.0 Å². The highest BCUT2D eigenvalue weighted by Gasteiger charge is 2.36. The van der Waals surface area contributed by atoms with Crippen LogP contribution in [-0.4, -0.2) is 88.8 Å². The molecule has 1 amide bonds. The molecule has 3 fully saturated rings. The molecule has 2 aromatic rings. The van der Waals surface area contributed by atoms with Crippen molar-refractivity contribution in [1.29, 1.82) is 0 Å². The number of hydrogen-bond donors (Lipinski definition) is 0. The summed E-state index contributed by atoms with van der Waals surface area (Å²) in [6, 6.07) is 8.16. The molecule has 194 valence electrons. The molecule has 1 unspecified atom stereocenters. The van der Waals surface area contributed by atoms with Crippen LogP contribution in [0.3, 0.4) is 0 Å². The quantitative estimate of drug-likeness (QED) is 0.613. The average molecular weight is 513 g/mol. The first-order chi connectivity index (χ1) is 17.7. The fourth-order valence-electron chi connectivity index (χ4n) is 6.10. The Labute approximate surface area is 215 Å². The van der Waals surface area contributed by atoms with Gasteiger partial charge in [0, 0.05) is 55.4 Å². The van der Waals surface area contributed by atoms with Gasteiger partial charge in [-0.25, -0.2) is 0 Å². The number of benzene rings is 1. The molecule has 0 bridgehead atoms. The lowest BCUT2D eigenvalue weighted by Crippen LogP contribution is -2.41. The van der Waals surface area contributed by atoms with Gasteiger partial charge in [0.25, 0.3) is 5.91 Å². The van der Waals surface area contributed by atoms with Crippen molar-refractivity contribution < 1.29 is 18.5 Å². The number of carbonyl (C=O) groups is 1. The van der Waals surface area contributed by atoms with Crippen LogP contribution < -0.4 is 0 Å². The van der Waals surface area contributed by atoms with Gasteiger partial charge in [-0.15, -0.1) is 0 Å². The molecule has 0 aliphatic carbocycles. The third kappa shape index (κ3) is 4.78. The molecule has 5 heterocycles. The smallest absolute Gasteiger partial charge is 0.274 e. The number of carbonyl (C=O) groups excluding carboxylic acids is 1. The molecule has 36 heavy (non-hydrogen) atoms. The van der Waals surface area contributed by atoms with Gasteiger partial charge in [-0.1, -0.05) is 18.2 Å². The second-order valence-corrected chi connectivity index (χ2v) is 11.8. The minimum atomic E-state index is -1.18. The normalized spacial score (nSPS) is 23.9. The van der Waals surface area contributed by atoms with Gasteiger partial charge in [0.15, 0.2) is 5.69 Å². The highest BCUT2D eigenvalue weighted by atomic mass is 32.2. The third-order valence-corrected chi connectivity index (χ3v) is 9.67. The zero-order valence-corrected chi connectivity index (χ0v) is 21.7. The van der Waals surface area contributed by atoms with E-state index in [9.17, 15) is 9.00 Å². The molecule has 1 atom stereocenters. The zero-order valence-electron chi connectivity index (χ0n) is 20.9. The molecule has 3 saturated heterocycles. The topological polar surface area (TPSA) is 76.9 Å². The summed E-state index contributed by atoms with van der Waals surface area (Å²) < 4.78 is 26.2. The van der Waals surface area contributed by atoms with Crippen molar-refractivity contribution in [3.05, 3.63) is 35.5 Å². The Balaban J connectivity index is 1.25. The SMILES string of the molecule is O=C(c1nn(C2CCN(CCC3CCOCC3)CC2)c2c1CS(=O)c1ccccc1-2)N1CCOCC1. The number of amides is 1. The Morgan fingerprint density at radius 2 is 1.69 bits per heavy atom. The summed E-state index contributed by atoms with van der Waals surface area (Å²) in [5.41, 5.74) is 3.30. The van der Waals surface area contributed by atoms with E-state index in [1.54, 1.807) is 0 Å². The number of aromatic nitrogens is 2. The Hall–Kier alpha value is -2.07. The molecule has 4 aliphatic rings. The van der Waals surface area contributed by atoms with Gasteiger partial charge in [-0.3, -0.25) is 13.7 Å². The van der Waals surface area contributed by atoms with E-state index >= 15 is 0 Å². The van der Waals surface area contributed by atoms with Crippen LogP contribution in [0.4, 0.5) is 0 Å². The Kier molecular flexibility index (Phi) is 7.24. The lowest BCUT2D eigenvalue weighted by atomic mass is 9.95. The molecule has 0 saturated carbocycles. The second-order valence-electron chi connectivity index (χ2n) is 10.4. The number of fused-ring (bicyclic) bond motifs is 3. The lowest BCUT2D eigenvalue weighted by Gasteiger charge is -2.34. The second kappa shape index (κ2) is 10.7. The van der Waals surface area contributed by atoms with Crippen LogP contribution in [0.2, 0.25) is 0 Å². The molecule has 8 nitrogen and oxygen atoms in total. The van der Waals surface area contributed by atoms with Crippen LogP contribution >= 0.6 is 0 Å². The average Bonchev–Trinajstić information content (AvgIpc) is 3.32. The summed E-state index contributed by atoms with van der Waals surface area (Å²) in [5.74, 6) is 1.08. The van der Waals surface area contributed by atoms with Crippen LogP contribution in [0, 0.1) is 5.92 Å². The van der Waals surface area contributed by atoms with Crippen LogP contribution in [0.25, 0.3) is 11.3 Å². The number of nitrogens with zero attached hydrogens (tertiary/aromatic N) is 4. The fraction of sp³-hybridized carbons (Fsp3) is 0.630. The lowest BCUT2D eigenvalue weighted by molar-refractivity contribution is 0.0297. The van der Waals surface area contributed by atoms with E-state index in [0.717, 1.165) is 73.3 Å². The van der Waals surface area contributed by atoms with Crippen LogP contribution in [0.15, 0.2) is 29.2 Å². The fourth-order valence-corrected chi connectivity index (χ4v) is 7.43. The summed E-state index contributed by atoms with van der Waals surface area (Å²) in [6.07, 6.45) is 5.66. The van der Waals surface area contributed by atoms with E-state index in [2.05, 4.69) is 9.58 Å². The number of morpholine rings is 1. The first-order valence-electron chi connectivity index (χ1n) is 13.5. The van der Waals surface area contributed by atoms with Crippen LogP contribution in [0.1, 0.15) is 54.2 Å². The maximum absolute atomic E-state index is 13.6. The molecular formula is C27H36N4O4S. The molecule has 0 radical (unpaired) electrons. The van der Waals surface area contributed by atoms with Crippen molar-refractivity contribution in [3.63, 3.8) is 0 Å². The van der Waals surface area contributed by atoms with Gasteiger partial charge < -0.3 is 19.3 Å². The molecule has 9 heteroatoms. The maximum atomic E-state index is 13.6. The summed E-state index contributed by atoms with van der Waals surface area (Å²) >= 11 is 0. The minimum absolute atomic E-state index is 0.0569. The van der Waals surface area contributed by atoms with E-state index in [0.29, 0.717) is 37.8 Å². The minimum Gasteiger partial charge on any atom is -0.381 e. The van der Waals surface area contributed by atoms with Crippen molar-refractivity contribution >= 4 is 16.7 Å². The van der Waals surface area contributed by atoms with E-state index in [-0.39, 0.29) is 11.9 Å². The monoisotopic (exact) mass is 512 g/mol. The van der Waals surface area contributed by atoms with Crippen molar-refractivity contribution in [2.45, 2.75) is 48.8 Å². The number of likely N-dealkylation sites (tertiary alicyclic amines) is 1. The van der Waals surface area contributed by atoms with Gasteiger partial charge in [0.05, 0.1) is 41.5 Å². The molecule has 6 rings (SSSR count). The highest BCUT2D eigenvalue weighted by molar-refractivity contribution is 7.84. The van der Waals surface area contributed by atoms with Gasteiger partial charge in [0.2, 0.25) is 0 Å². The zero-order chi connectivity index (χ0) is 24.5. The Morgan fingerprint density at radius 3 is 2.47 bits per heavy atom. The molecule has 1 aromatic heterocycles. The van der Waals surface area contributed by atoms with E-state index in [1.165, 1.54) is 19.3 Å². The van der Waals surface area contributed by atoms with Gasteiger partial charge in [0.1, 0.15) is 0 Å².